The summed E-state index contributed by atoms with van der Waals surface area (Å²) < 4.78 is 26.7. The van der Waals surface area contributed by atoms with E-state index in [0.29, 0.717) is 7.27 Å². The Morgan fingerprint density at radius 1 is 1.32 bits per heavy atom. The molecule has 0 bridgehead atoms. The van der Waals surface area contributed by atoms with Gasteiger partial charge in [0.25, 0.3) is 0 Å². The van der Waals surface area contributed by atoms with Crippen LogP contribution in [0.4, 0.5) is 5.82 Å². The first-order chi connectivity index (χ1) is 8.64. The van der Waals surface area contributed by atoms with Gasteiger partial charge >= 0.3 is 107 Å². The molecule has 10 nitrogen and oxygen atoms in total. The van der Waals surface area contributed by atoms with Crippen molar-refractivity contribution in [3.8, 4) is 5.75 Å². The second-order valence-electron chi connectivity index (χ2n) is 3.31. The average molecular weight is 309 g/mol. The molecule has 1 aromatic rings. The molecule has 0 unspecified atom stereocenters. The topological polar surface area (TPSA) is 173 Å². The summed E-state index contributed by atoms with van der Waals surface area (Å²) >= 11 is 0. The van der Waals surface area contributed by atoms with Gasteiger partial charge in [-0.05, 0) is 0 Å². The molecule has 0 fully saturated rings. The Hall–Kier alpha value is -1.09. The number of anilines is 1. The third-order valence-corrected chi connectivity index (χ3v) is 5.18. The van der Waals surface area contributed by atoms with Crippen molar-refractivity contribution >= 4 is 28.3 Å². The molecule has 0 saturated heterocycles. The molecule has 0 spiro atoms. The van der Waals surface area contributed by atoms with Crippen molar-refractivity contribution in [2.24, 2.45) is 0 Å². The molecule has 0 amide bonds. The zero-order valence-electron chi connectivity index (χ0n) is 9.24. The number of nitrogens with one attached hydrogen (secondary N) is 2. The van der Waals surface area contributed by atoms with Gasteiger partial charge in [-0.25, -0.2) is 0 Å². The molecule has 0 aliphatic rings. The van der Waals surface area contributed by atoms with Crippen LogP contribution in [-0.2, 0) is 9.13 Å². The van der Waals surface area contributed by atoms with E-state index in [9.17, 15) is 9.13 Å². The van der Waals surface area contributed by atoms with Crippen molar-refractivity contribution < 1.29 is 33.4 Å². The molecule has 0 atom stereocenters. The van der Waals surface area contributed by atoms with E-state index >= 15 is 0 Å². The maximum absolute atomic E-state index is 11.0. The molecule has 13 heteroatoms. The van der Waals surface area contributed by atoms with Gasteiger partial charge < -0.3 is 0 Å². The van der Waals surface area contributed by atoms with Gasteiger partial charge in [-0.15, -0.1) is 0 Å². The Bertz CT molecular complexity index is 536. The molecule has 19 heavy (non-hydrogen) atoms. The predicted molar refractivity (Wildman–Crippen MR) is 64.8 cm³/mol. The van der Waals surface area contributed by atoms with E-state index in [1.165, 1.54) is 12.3 Å². The van der Waals surface area contributed by atoms with Crippen LogP contribution in [0.1, 0.15) is 0 Å². The summed E-state index contributed by atoms with van der Waals surface area (Å²) in [5.41, 5.74) is -2.40. The number of aromatic nitrogens is 1. The molecule has 1 aromatic heterocycles. The van der Waals surface area contributed by atoms with Crippen LogP contribution in [0.2, 0.25) is 0 Å². The minimum absolute atomic E-state index is 0.114. The normalized spacial score (nSPS) is 12.1. The summed E-state index contributed by atoms with van der Waals surface area (Å²) in [6.45, 7) is 0. The fourth-order valence-corrected chi connectivity index (χ4v) is 3.30. The molecule has 0 radical (unpaired) electrons. The third-order valence-electron chi connectivity index (χ3n) is 1.84. The molecule has 1 heterocycles. The molecule has 0 aliphatic heterocycles. The average Bonchev–Trinajstić information content (AvgIpc) is 2.24. The summed E-state index contributed by atoms with van der Waals surface area (Å²) in [5, 5.41) is 8.68. The first-order valence-corrected chi connectivity index (χ1v) is 7.99. The molecule has 0 aromatic carbocycles. The van der Waals surface area contributed by atoms with Gasteiger partial charge in [-0.1, -0.05) is 0 Å². The van der Waals surface area contributed by atoms with E-state index in [1.807, 2.05) is 5.32 Å². The van der Waals surface area contributed by atoms with Crippen LogP contribution < -0.4 is 9.97 Å². The first kappa shape index (κ1) is 16.0. The van der Waals surface area contributed by atoms with E-state index in [1.54, 1.807) is 0 Å². The Morgan fingerprint density at radius 3 is 2.37 bits per heavy atom. The van der Waals surface area contributed by atoms with Gasteiger partial charge in [0.1, 0.15) is 0 Å². The minimum atomic E-state index is -5.09. The van der Waals surface area contributed by atoms with E-state index in [2.05, 4.69) is 9.64 Å². The second-order valence-corrected chi connectivity index (χ2v) is 7.11. The molecule has 0 saturated carbocycles. The molecule has 104 valence electrons. The van der Waals surface area contributed by atoms with Crippen molar-refractivity contribution in [1.82, 2.24) is 4.98 Å². The zero-order valence-corrected chi connectivity index (χ0v) is 11.0. The van der Waals surface area contributed by atoms with Crippen LogP contribution in [0.15, 0.2) is 18.3 Å². The Labute approximate surface area is 107 Å². The van der Waals surface area contributed by atoms with Crippen LogP contribution in [0.3, 0.4) is 0 Å². The van der Waals surface area contributed by atoms with Crippen molar-refractivity contribution in [2.45, 2.75) is 5.52 Å². The summed E-state index contributed by atoms with van der Waals surface area (Å²) in [4.78, 5) is 39.3. The van der Waals surface area contributed by atoms with Crippen molar-refractivity contribution in [3.63, 3.8) is 0 Å². The van der Waals surface area contributed by atoms with Crippen molar-refractivity contribution in [1.29, 1.82) is 5.31 Å². The fraction of sp³-hybridized carbons (Fsp3) is 0.167. The fourth-order valence-electron chi connectivity index (χ4n) is 1.13. The first-order valence-electron chi connectivity index (χ1n) is 4.63. The number of nitrogens with zero attached hydrogens (tertiary/aromatic N) is 1. The van der Waals surface area contributed by atoms with Crippen LogP contribution >= 0.6 is 15.2 Å². The van der Waals surface area contributed by atoms with Crippen LogP contribution in [-0.4, -0.2) is 37.4 Å². The Morgan fingerprint density at radius 2 is 1.89 bits per heavy atom. The van der Waals surface area contributed by atoms with Crippen LogP contribution in [0.5, 0.6) is 5.75 Å². The number of hydrogen-bond acceptors (Lipinski definition) is 6. The summed E-state index contributed by atoms with van der Waals surface area (Å²) in [6, 6.07) is 2.48. The van der Waals surface area contributed by atoms with Gasteiger partial charge in [0.05, 0.1) is 0 Å². The van der Waals surface area contributed by atoms with Crippen molar-refractivity contribution in [2.75, 3.05) is 5.32 Å². The van der Waals surface area contributed by atoms with E-state index in [0.717, 1.165) is 6.07 Å². The van der Waals surface area contributed by atoms with E-state index in [4.69, 9.17) is 24.9 Å². The monoisotopic (exact) mass is 309 g/mol. The molecule has 1 rings (SSSR count). The van der Waals surface area contributed by atoms with Crippen molar-refractivity contribution in [3.05, 3.63) is 18.3 Å². The zero-order chi connectivity index (χ0) is 14.7. The van der Waals surface area contributed by atoms with Gasteiger partial charge in [0.15, 0.2) is 0 Å². The number of rotatable bonds is 6. The summed E-state index contributed by atoms with van der Waals surface area (Å²) in [5.74, 6) is -0.0985. The summed E-state index contributed by atoms with van der Waals surface area (Å²) in [6.07, 6.45) is 1.18. The quantitative estimate of drug-likeness (QED) is 0.309. The number of hydrogen-bond donors (Lipinski definition) is 6. The second kappa shape index (κ2) is 5.91. The summed E-state index contributed by atoms with van der Waals surface area (Å²) in [7, 11) is -9.57. The van der Waals surface area contributed by atoms with Gasteiger partial charge in [-0.2, -0.15) is 0 Å². The SMILES string of the molecule is N=BOc1ccnc(NC(P(=O)(O)O)P(=O)(O)O)c1. The predicted octanol–water partition coefficient (Wildman–Crippen LogP) is -0.107. The third kappa shape index (κ3) is 4.83. The molecular weight excluding hydrogens is 299 g/mol. The Kier molecular flexibility index (Phi) is 4.97. The molecule has 0 aliphatic carbocycles. The maximum atomic E-state index is 11.0. The molecular formula is C6H10BN3O7P2. The van der Waals surface area contributed by atoms with Crippen LogP contribution in [0, 0.1) is 5.31 Å². The molecule has 6 N–H and O–H groups in total. The van der Waals surface area contributed by atoms with Gasteiger partial charge in [0, 0.05) is 0 Å². The van der Waals surface area contributed by atoms with Crippen LogP contribution in [0.25, 0.3) is 0 Å². The standard InChI is InChI=1S/C6H10BN3O7P2/c8-7-17-4-1-2-9-5(3-4)10-6(18(11,12)13)19(14,15)16/h1-3,6,8H,(H,9,10)(H2,11,12,13)(H2,14,15,16). The van der Waals surface area contributed by atoms with E-state index < -0.39 is 20.7 Å². The van der Waals surface area contributed by atoms with Gasteiger partial charge in [0.2, 0.25) is 0 Å². The Balaban J connectivity index is 3.04. The van der Waals surface area contributed by atoms with E-state index in [-0.39, 0.29) is 11.6 Å². The van der Waals surface area contributed by atoms with Gasteiger partial charge in [-0.3, -0.25) is 0 Å². The number of pyridine rings is 1.